The molecule has 0 radical (unpaired) electrons. The summed E-state index contributed by atoms with van der Waals surface area (Å²) in [6.07, 6.45) is 2.29. The second kappa shape index (κ2) is 5.57. The maximum absolute atomic E-state index is 11.9. The third kappa shape index (κ3) is 2.71. The molecule has 19 heavy (non-hydrogen) atoms. The van der Waals surface area contributed by atoms with Crippen LogP contribution in [0.2, 0.25) is 0 Å². The Bertz CT molecular complexity index is 541. The molecule has 1 aliphatic rings. The van der Waals surface area contributed by atoms with Crippen LogP contribution >= 0.6 is 15.9 Å². The molecule has 1 aromatic carbocycles. The van der Waals surface area contributed by atoms with Crippen molar-refractivity contribution in [2.24, 2.45) is 5.92 Å². The number of esters is 1. The monoisotopic (exact) mass is 323 g/mol. The van der Waals surface area contributed by atoms with E-state index in [-0.39, 0.29) is 11.8 Å². The van der Waals surface area contributed by atoms with Gasteiger partial charge in [0, 0.05) is 29.0 Å². The van der Waals surface area contributed by atoms with Crippen molar-refractivity contribution in [2.45, 2.75) is 6.42 Å². The van der Waals surface area contributed by atoms with E-state index in [2.05, 4.69) is 27.2 Å². The average molecular weight is 324 g/mol. The van der Waals surface area contributed by atoms with E-state index < -0.39 is 5.97 Å². The number of amides is 1. The van der Waals surface area contributed by atoms with Crippen molar-refractivity contribution in [3.63, 3.8) is 0 Å². The van der Waals surface area contributed by atoms with Gasteiger partial charge in [-0.2, -0.15) is 0 Å². The first kappa shape index (κ1) is 13.8. The summed E-state index contributed by atoms with van der Waals surface area (Å²) in [5.74, 6) is -0.149. The molecule has 0 aliphatic carbocycles. The summed E-state index contributed by atoms with van der Waals surface area (Å²) in [6.45, 7) is 4.35. The molecular weight excluding hydrogens is 310 g/mol. The van der Waals surface area contributed by atoms with Crippen LogP contribution < -0.4 is 4.90 Å². The molecule has 1 atom stereocenters. The number of methoxy groups -OCH3 is 1. The fourth-order valence-electron chi connectivity index (χ4n) is 2.09. The van der Waals surface area contributed by atoms with E-state index in [1.54, 1.807) is 29.2 Å². The van der Waals surface area contributed by atoms with E-state index in [0.29, 0.717) is 23.0 Å². The van der Waals surface area contributed by atoms with Gasteiger partial charge in [-0.15, -0.1) is 6.58 Å². The number of nitrogens with zero attached hydrogens (tertiary/aromatic N) is 1. The third-order valence-electron chi connectivity index (χ3n) is 3.16. The smallest absolute Gasteiger partial charge is 0.339 e. The standard InChI is InChI=1S/C14H14BrNO3/c1-3-9-6-13(17)16(8-9)10-4-5-11(12(15)7-10)14(18)19-2/h3-5,7,9H,1,6,8H2,2H3. The number of halogens is 1. The second-order valence-corrected chi connectivity index (χ2v) is 5.21. The zero-order chi connectivity index (χ0) is 14.0. The van der Waals surface area contributed by atoms with Crippen LogP contribution in [-0.2, 0) is 9.53 Å². The van der Waals surface area contributed by atoms with Gasteiger partial charge in [0.15, 0.2) is 0 Å². The number of hydrogen-bond acceptors (Lipinski definition) is 3. The van der Waals surface area contributed by atoms with Crippen molar-refractivity contribution in [1.29, 1.82) is 0 Å². The highest BCUT2D eigenvalue weighted by Crippen LogP contribution is 2.29. The van der Waals surface area contributed by atoms with Gasteiger partial charge in [-0.25, -0.2) is 4.79 Å². The Morgan fingerprint density at radius 1 is 1.58 bits per heavy atom. The number of carbonyl (C=O) groups is 2. The maximum Gasteiger partial charge on any atom is 0.339 e. The molecule has 0 aromatic heterocycles. The van der Waals surface area contributed by atoms with Gasteiger partial charge in [0.1, 0.15) is 0 Å². The van der Waals surface area contributed by atoms with Gasteiger partial charge >= 0.3 is 5.97 Å². The van der Waals surface area contributed by atoms with Gasteiger partial charge in [0.05, 0.1) is 12.7 Å². The highest BCUT2D eigenvalue weighted by molar-refractivity contribution is 9.10. The number of carbonyl (C=O) groups excluding carboxylic acids is 2. The van der Waals surface area contributed by atoms with Gasteiger partial charge in [-0.05, 0) is 34.1 Å². The number of ether oxygens (including phenoxy) is 1. The Hall–Kier alpha value is -1.62. The highest BCUT2D eigenvalue weighted by atomic mass is 79.9. The molecule has 1 unspecified atom stereocenters. The van der Waals surface area contributed by atoms with Crippen molar-refractivity contribution >= 4 is 33.5 Å². The van der Waals surface area contributed by atoms with Gasteiger partial charge in [-0.3, -0.25) is 4.79 Å². The second-order valence-electron chi connectivity index (χ2n) is 4.36. The van der Waals surface area contributed by atoms with Gasteiger partial charge in [-0.1, -0.05) is 6.08 Å². The molecular formula is C14H14BrNO3. The average Bonchev–Trinajstić information content (AvgIpc) is 2.79. The number of hydrogen-bond donors (Lipinski definition) is 0. The van der Waals surface area contributed by atoms with Gasteiger partial charge < -0.3 is 9.64 Å². The van der Waals surface area contributed by atoms with Crippen molar-refractivity contribution in [3.8, 4) is 0 Å². The van der Waals surface area contributed by atoms with Crippen LogP contribution in [0.25, 0.3) is 0 Å². The van der Waals surface area contributed by atoms with E-state index in [9.17, 15) is 9.59 Å². The number of anilines is 1. The predicted octanol–water partition coefficient (Wildman–Crippen LogP) is 2.77. The van der Waals surface area contributed by atoms with E-state index in [4.69, 9.17) is 0 Å². The summed E-state index contributed by atoms with van der Waals surface area (Å²) in [5.41, 5.74) is 1.21. The quantitative estimate of drug-likeness (QED) is 0.634. The normalized spacial score (nSPS) is 18.5. The maximum atomic E-state index is 11.9. The van der Waals surface area contributed by atoms with Crippen LogP contribution in [0.4, 0.5) is 5.69 Å². The summed E-state index contributed by atoms with van der Waals surface area (Å²) < 4.78 is 5.29. The molecule has 1 fully saturated rings. The van der Waals surface area contributed by atoms with E-state index in [1.807, 2.05) is 0 Å². The van der Waals surface area contributed by atoms with E-state index >= 15 is 0 Å². The van der Waals surface area contributed by atoms with Crippen molar-refractivity contribution in [3.05, 3.63) is 40.9 Å². The van der Waals surface area contributed by atoms with E-state index in [1.165, 1.54) is 7.11 Å². The molecule has 1 aliphatic heterocycles. The zero-order valence-electron chi connectivity index (χ0n) is 10.6. The Morgan fingerprint density at radius 3 is 2.84 bits per heavy atom. The first-order valence-corrected chi connectivity index (χ1v) is 6.67. The molecule has 100 valence electrons. The molecule has 0 N–H and O–H groups in total. The first-order valence-electron chi connectivity index (χ1n) is 5.87. The lowest BCUT2D eigenvalue weighted by Crippen LogP contribution is -2.24. The lowest BCUT2D eigenvalue weighted by molar-refractivity contribution is -0.117. The molecule has 0 saturated carbocycles. The largest absolute Gasteiger partial charge is 0.465 e. The molecule has 0 spiro atoms. The van der Waals surface area contributed by atoms with Crippen molar-refractivity contribution < 1.29 is 14.3 Å². The van der Waals surface area contributed by atoms with Crippen LogP contribution in [0.3, 0.4) is 0 Å². The minimum absolute atomic E-state index is 0.0719. The van der Waals surface area contributed by atoms with Crippen LogP contribution in [-0.4, -0.2) is 25.5 Å². The fourth-order valence-corrected chi connectivity index (χ4v) is 2.62. The fraction of sp³-hybridized carbons (Fsp3) is 0.286. The summed E-state index contributed by atoms with van der Waals surface area (Å²) in [4.78, 5) is 25.1. The lowest BCUT2D eigenvalue weighted by Gasteiger charge is -2.17. The molecule has 4 nitrogen and oxygen atoms in total. The van der Waals surface area contributed by atoms with Crippen LogP contribution in [0.1, 0.15) is 16.8 Å². The molecule has 1 heterocycles. The minimum Gasteiger partial charge on any atom is -0.465 e. The summed E-state index contributed by atoms with van der Waals surface area (Å²) in [6, 6.07) is 5.16. The Balaban J connectivity index is 2.28. The SMILES string of the molecule is C=CC1CC(=O)N(c2ccc(C(=O)OC)c(Br)c2)C1. The van der Waals surface area contributed by atoms with Crippen LogP contribution in [0.15, 0.2) is 35.3 Å². The molecule has 1 saturated heterocycles. The third-order valence-corrected chi connectivity index (χ3v) is 3.81. The summed E-state index contributed by atoms with van der Waals surface area (Å²) in [7, 11) is 1.33. The van der Waals surface area contributed by atoms with E-state index in [0.717, 1.165) is 5.69 Å². The van der Waals surface area contributed by atoms with Crippen molar-refractivity contribution in [1.82, 2.24) is 0 Å². The molecule has 5 heteroatoms. The molecule has 2 rings (SSSR count). The van der Waals surface area contributed by atoms with Crippen molar-refractivity contribution in [2.75, 3.05) is 18.6 Å². The number of rotatable bonds is 3. The zero-order valence-corrected chi connectivity index (χ0v) is 12.1. The first-order chi connectivity index (χ1) is 9.06. The molecule has 0 bridgehead atoms. The predicted molar refractivity (Wildman–Crippen MR) is 76.1 cm³/mol. The lowest BCUT2D eigenvalue weighted by atomic mass is 10.1. The number of benzene rings is 1. The minimum atomic E-state index is -0.407. The Morgan fingerprint density at radius 2 is 2.32 bits per heavy atom. The van der Waals surface area contributed by atoms with Gasteiger partial charge in [0.2, 0.25) is 5.91 Å². The highest BCUT2D eigenvalue weighted by Gasteiger charge is 2.29. The summed E-state index contributed by atoms with van der Waals surface area (Å²) in [5, 5.41) is 0. The van der Waals surface area contributed by atoms with Crippen LogP contribution in [0.5, 0.6) is 0 Å². The molecule has 1 aromatic rings. The topological polar surface area (TPSA) is 46.6 Å². The van der Waals surface area contributed by atoms with Crippen LogP contribution in [0, 0.1) is 5.92 Å². The molecule has 1 amide bonds. The summed E-state index contributed by atoms with van der Waals surface area (Å²) >= 11 is 3.33. The van der Waals surface area contributed by atoms with Gasteiger partial charge in [0.25, 0.3) is 0 Å². The Labute approximate surface area is 120 Å². The Kier molecular flexibility index (Phi) is 4.04.